The summed E-state index contributed by atoms with van der Waals surface area (Å²) in [5.41, 5.74) is 1.71. The first kappa shape index (κ1) is 9.97. The van der Waals surface area contributed by atoms with Gasteiger partial charge in [-0.25, -0.2) is 0 Å². The Bertz CT molecular complexity index is 468. The number of anilines is 2. The summed E-state index contributed by atoms with van der Waals surface area (Å²) in [6, 6.07) is 5.62. The maximum Gasteiger partial charge on any atom is 0.232 e. The zero-order valence-electron chi connectivity index (χ0n) is 9.09. The number of halogens is 1. The third-order valence-electron chi connectivity index (χ3n) is 3.49. The predicted molar refractivity (Wildman–Crippen MR) is 65.0 cm³/mol. The number of carbonyl (C=O) groups is 1. The van der Waals surface area contributed by atoms with Crippen molar-refractivity contribution in [3.63, 3.8) is 0 Å². The Morgan fingerprint density at radius 2 is 2.19 bits per heavy atom. The molecule has 1 saturated carbocycles. The Labute approximate surface area is 99.4 Å². The molecule has 0 saturated heterocycles. The molecule has 84 valence electrons. The van der Waals surface area contributed by atoms with Gasteiger partial charge < -0.3 is 10.2 Å². The Hall–Kier alpha value is -1.22. The second kappa shape index (κ2) is 3.14. The predicted octanol–water partition coefficient (Wildman–Crippen LogP) is 2.51. The number of fused-ring (bicyclic) bond motifs is 1. The molecule has 1 aromatic rings. The molecule has 0 bridgehead atoms. The van der Waals surface area contributed by atoms with Crippen LogP contribution in [0.15, 0.2) is 18.2 Å². The van der Waals surface area contributed by atoms with Gasteiger partial charge in [0.05, 0.1) is 16.8 Å². The fraction of sp³-hybridized carbons (Fsp3) is 0.417. The number of carbonyl (C=O) groups excluding carboxylic acids is 1. The molecule has 1 aliphatic heterocycles. The number of nitrogens with zero attached hydrogens (tertiary/aromatic N) is 1. The first-order valence-electron chi connectivity index (χ1n) is 5.43. The van der Waals surface area contributed by atoms with E-state index < -0.39 is 0 Å². The summed E-state index contributed by atoms with van der Waals surface area (Å²) in [5, 5.41) is 3.63. The minimum Gasteiger partial charge on any atom is -0.372 e. The minimum absolute atomic E-state index is 0.139. The van der Waals surface area contributed by atoms with Gasteiger partial charge in [-0.15, -0.1) is 0 Å². The van der Waals surface area contributed by atoms with Crippen LogP contribution in [-0.4, -0.2) is 19.5 Å². The SMILES string of the molecule is CN1CC2(CC2)C(=O)Nc2cc(Cl)ccc21. The number of nitrogens with one attached hydrogen (secondary N) is 1. The van der Waals surface area contributed by atoms with Gasteiger partial charge >= 0.3 is 0 Å². The molecule has 1 spiro atoms. The average Bonchev–Trinajstić information content (AvgIpc) is 2.98. The van der Waals surface area contributed by atoms with E-state index in [4.69, 9.17) is 11.6 Å². The van der Waals surface area contributed by atoms with E-state index >= 15 is 0 Å². The second-order valence-corrected chi connectivity index (χ2v) is 5.19. The molecule has 16 heavy (non-hydrogen) atoms. The van der Waals surface area contributed by atoms with Crippen molar-refractivity contribution in [2.45, 2.75) is 12.8 Å². The number of benzene rings is 1. The maximum absolute atomic E-state index is 12.0. The molecule has 0 atom stereocenters. The van der Waals surface area contributed by atoms with Gasteiger partial charge in [-0.05, 0) is 31.0 Å². The monoisotopic (exact) mass is 236 g/mol. The Kier molecular flexibility index (Phi) is 1.96. The summed E-state index contributed by atoms with van der Waals surface area (Å²) >= 11 is 5.94. The van der Waals surface area contributed by atoms with Gasteiger partial charge in [-0.3, -0.25) is 4.79 Å². The normalized spacial score (nSPS) is 21.4. The van der Waals surface area contributed by atoms with Crippen molar-refractivity contribution in [1.29, 1.82) is 0 Å². The topological polar surface area (TPSA) is 32.3 Å². The van der Waals surface area contributed by atoms with E-state index in [2.05, 4.69) is 10.2 Å². The third kappa shape index (κ3) is 1.39. The zero-order valence-corrected chi connectivity index (χ0v) is 9.84. The standard InChI is InChI=1S/C12H13ClN2O/c1-15-7-12(4-5-12)11(16)14-9-6-8(13)2-3-10(9)15/h2-3,6H,4-5,7H2,1H3,(H,14,16). The van der Waals surface area contributed by atoms with Crippen LogP contribution in [0.3, 0.4) is 0 Å². The summed E-state index contributed by atoms with van der Waals surface area (Å²) in [5.74, 6) is 0.139. The van der Waals surface area contributed by atoms with Crippen molar-refractivity contribution in [2.24, 2.45) is 5.41 Å². The van der Waals surface area contributed by atoms with Gasteiger partial charge in [0.1, 0.15) is 0 Å². The molecule has 1 aliphatic carbocycles. The van der Waals surface area contributed by atoms with Gasteiger partial charge in [0, 0.05) is 18.6 Å². The fourth-order valence-electron chi connectivity index (χ4n) is 2.34. The van der Waals surface area contributed by atoms with E-state index in [1.54, 1.807) is 0 Å². The Balaban J connectivity index is 2.06. The molecule has 0 unspecified atom stereocenters. The number of amides is 1. The van der Waals surface area contributed by atoms with Crippen molar-refractivity contribution in [3.8, 4) is 0 Å². The van der Waals surface area contributed by atoms with E-state index in [1.165, 1.54) is 0 Å². The number of rotatable bonds is 0. The van der Waals surface area contributed by atoms with Crippen LogP contribution in [-0.2, 0) is 4.79 Å². The molecule has 1 heterocycles. The minimum atomic E-state index is -0.153. The molecule has 1 fully saturated rings. The van der Waals surface area contributed by atoms with Crippen LogP contribution in [0.1, 0.15) is 12.8 Å². The highest BCUT2D eigenvalue weighted by atomic mass is 35.5. The summed E-state index contributed by atoms with van der Waals surface area (Å²) in [6.07, 6.45) is 1.98. The maximum atomic E-state index is 12.0. The van der Waals surface area contributed by atoms with Crippen LogP contribution in [0.4, 0.5) is 11.4 Å². The lowest BCUT2D eigenvalue weighted by atomic mass is 10.1. The number of hydrogen-bond donors (Lipinski definition) is 1. The lowest BCUT2D eigenvalue weighted by molar-refractivity contribution is -0.120. The van der Waals surface area contributed by atoms with Crippen molar-refractivity contribution in [3.05, 3.63) is 23.2 Å². The van der Waals surface area contributed by atoms with Gasteiger partial charge in [0.25, 0.3) is 0 Å². The summed E-state index contributed by atoms with van der Waals surface area (Å²) in [4.78, 5) is 14.2. The fourth-order valence-corrected chi connectivity index (χ4v) is 2.52. The van der Waals surface area contributed by atoms with Gasteiger partial charge in [-0.2, -0.15) is 0 Å². The summed E-state index contributed by atoms with van der Waals surface area (Å²) < 4.78 is 0. The van der Waals surface area contributed by atoms with Gasteiger partial charge in [0.15, 0.2) is 0 Å². The van der Waals surface area contributed by atoms with E-state index in [9.17, 15) is 4.79 Å². The van der Waals surface area contributed by atoms with Crippen LogP contribution in [0.2, 0.25) is 5.02 Å². The van der Waals surface area contributed by atoms with Crippen LogP contribution < -0.4 is 10.2 Å². The van der Waals surface area contributed by atoms with Crippen LogP contribution in [0, 0.1) is 5.41 Å². The van der Waals surface area contributed by atoms with E-state index in [-0.39, 0.29) is 11.3 Å². The molecule has 0 radical (unpaired) electrons. The highest BCUT2D eigenvalue weighted by molar-refractivity contribution is 6.31. The zero-order chi connectivity index (χ0) is 11.3. The van der Waals surface area contributed by atoms with E-state index in [0.717, 1.165) is 30.8 Å². The van der Waals surface area contributed by atoms with E-state index in [1.807, 2.05) is 25.2 Å². The molecule has 1 N–H and O–H groups in total. The van der Waals surface area contributed by atoms with E-state index in [0.29, 0.717) is 5.02 Å². The van der Waals surface area contributed by atoms with Gasteiger partial charge in [0.2, 0.25) is 5.91 Å². The van der Waals surface area contributed by atoms with Crippen molar-refractivity contribution < 1.29 is 4.79 Å². The molecule has 4 heteroatoms. The quantitative estimate of drug-likeness (QED) is 0.751. The molecular weight excluding hydrogens is 224 g/mol. The third-order valence-corrected chi connectivity index (χ3v) is 3.73. The average molecular weight is 237 g/mol. The number of hydrogen-bond acceptors (Lipinski definition) is 2. The van der Waals surface area contributed by atoms with Crippen molar-refractivity contribution in [1.82, 2.24) is 0 Å². The lowest BCUT2D eigenvalue weighted by Crippen LogP contribution is -2.31. The van der Waals surface area contributed by atoms with Crippen molar-refractivity contribution in [2.75, 3.05) is 23.8 Å². The molecule has 3 rings (SSSR count). The Morgan fingerprint density at radius 3 is 2.88 bits per heavy atom. The molecule has 0 aromatic heterocycles. The highest BCUT2D eigenvalue weighted by Gasteiger charge is 2.51. The molecule has 1 aromatic carbocycles. The lowest BCUT2D eigenvalue weighted by Gasteiger charge is -2.21. The van der Waals surface area contributed by atoms with Crippen LogP contribution in [0.25, 0.3) is 0 Å². The smallest absolute Gasteiger partial charge is 0.232 e. The Morgan fingerprint density at radius 1 is 1.44 bits per heavy atom. The molecule has 1 amide bonds. The molecule has 3 nitrogen and oxygen atoms in total. The molecule has 2 aliphatic rings. The first-order chi connectivity index (χ1) is 7.61. The second-order valence-electron chi connectivity index (χ2n) is 4.75. The largest absolute Gasteiger partial charge is 0.372 e. The first-order valence-corrected chi connectivity index (χ1v) is 5.81. The summed E-state index contributed by atoms with van der Waals surface area (Å²) in [6.45, 7) is 0.799. The highest BCUT2D eigenvalue weighted by Crippen LogP contribution is 2.50. The van der Waals surface area contributed by atoms with Crippen molar-refractivity contribution >= 4 is 28.9 Å². The van der Waals surface area contributed by atoms with Gasteiger partial charge in [-0.1, -0.05) is 11.6 Å². The summed E-state index contributed by atoms with van der Waals surface area (Å²) in [7, 11) is 2.02. The van der Waals surface area contributed by atoms with Crippen LogP contribution in [0.5, 0.6) is 0 Å². The molecular formula is C12H13ClN2O. The van der Waals surface area contributed by atoms with Crippen LogP contribution >= 0.6 is 11.6 Å².